The Morgan fingerprint density at radius 3 is 2.40 bits per heavy atom. The van der Waals surface area contributed by atoms with Gasteiger partial charge in [-0.15, -0.1) is 0 Å². The van der Waals surface area contributed by atoms with Gasteiger partial charge in [0.1, 0.15) is 6.04 Å². The van der Waals surface area contributed by atoms with Crippen LogP contribution >= 0.6 is 12.6 Å². The molecular weight excluding hydrogens is 216 g/mol. The highest BCUT2D eigenvalue weighted by Crippen LogP contribution is 1.93. The Labute approximate surface area is 95.0 Å². The molecule has 0 rings (SSSR count). The van der Waals surface area contributed by atoms with Crippen molar-refractivity contribution in [1.82, 2.24) is 10.6 Å². The van der Waals surface area contributed by atoms with Crippen LogP contribution in [0, 0.1) is 0 Å². The lowest BCUT2D eigenvalue weighted by Crippen LogP contribution is -2.49. The number of hydrogen-bond acceptors (Lipinski definition) is 4. The fourth-order valence-electron chi connectivity index (χ4n) is 1.05. The Morgan fingerprint density at radius 1 is 1.40 bits per heavy atom. The minimum Gasteiger partial charge on any atom is -0.396 e. The van der Waals surface area contributed by atoms with Gasteiger partial charge in [0.2, 0.25) is 11.8 Å². The summed E-state index contributed by atoms with van der Waals surface area (Å²) < 4.78 is 0. The largest absolute Gasteiger partial charge is 0.396 e. The third-order valence-corrected chi connectivity index (χ3v) is 2.19. The first-order chi connectivity index (χ1) is 7.01. The molecule has 0 fully saturated rings. The standard InChI is InChI=1S/C9H18N2O3S/c1-6(3-4-12)10-9(14)8(5-15)11-7(2)13/h6,8,12,15H,3-5H2,1-2H3,(H,10,14)(H,11,13). The summed E-state index contributed by atoms with van der Waals surface area (Å²) in [4.78, 5) is 22.3. The topological polar surface area (TPSA) is 78.4 Å². The Balaban J connectivity index is 4.09. The summed E-state index contributed by atoms with van der Waals surface area (Å²) in [5.74, 6) is -0.294. The number of hydrogen-bond donors (Lipinski definition) is 4. The van der Waals surface area contributed by atoms with E-state index in [1.807, 2.05) is 0 Å². The van der Waals surface area contributed by atoms with Crippen LogP contribution in [-0.4, -0.2) is 41.4 Å². The Bertz CT molecular complexity index is 223. The molecule has 6 heteroatoms. The Hall–Kier alpha value is -0.750. The summed E-state index contributed by atoms with van der Waals surface area (Å²) in [6, 6.07) is -0.731. The van der Waals surface area contributed by atoms with Crippen molar-refractivity contribution in [2.45, 2.75) is 32.4 Å². The van der Waals surface area contributed by atoms with E-state index >= 15 is 0 Å². The molecule has 2 unspecified atom stereocenters. The second-order valence-corrected chi connectivity index (χ2v) is 3.72. The predicted molar refractivity (Wildman–Crippen MR) is 60.8 cm³/mol. The molecule has 0 radical (unpaired) electrons. The van der Waals surface area contributed by atoms with Gasteiger partial charge >= 0.3 is 0 Å². The van der Waals surface area contributed by atoms with Crippen LogP contribution in [0.2, 0.25) is 0 Å². The monoisotopic (exact) mass is 234 g/mol. The number of amides is 2. The van der Waals surface area contributed by atoms with Crippen LogP contribution in [0.25, 0.3) is 0 Å². The van der Waals surface area contributed by atoms with Crippen molar-refractivity contribution in [2.75, 3.05) is 12.4 Å². The lowest BCUT2D eigenvalue weighted by atomic mass is 10.2. The van der Waals surface area contributed by atoms with Crippen LogP contribution < -0.4 is 10.6 Å². The van der Waals surface area contributed by atoms with E-state index in [-0.39, 0.29) is 30.2 Å². The molecule has 0 aromatic carbocycles. The maximum Gasteiger partial charge on any atom is 0.243 e. The molecule has 0 aromatic rings. The smallest absolute Gasteiger partial charge is 0.243 e. The summed E-state index contributed by atoms with van der Waals surface area (Å²) in [6.07, 6.45) is 0.491. The number of aliphatic hydroxyl groups excluding tert-OH is 1. The van der Waals surface area contributed by atoms with Gasteiger partial charge in [-0.3, -0.25) is 9.59 Å². The average Bonchev–Trinajstić information content (AvgIpc) is 2.13. The number of carbonyl (C=O) groups is 2. The van der Waals surface area contributed by atoms with E-state index in [9.17, 15) is 9.59 Å². The van der Waals surface area contributed by atoms with Crippen LogP contribution in [-0.2, 0) is 9.59 Å². The van der Waals surface area contributed by atoms with Gasteiger partial charge in [-0.25, -0.2) is 0 Å². The molecule has 0 aliphatic heterocycles. The first kappa shape index (κ1) is 14.2. The van der Waals surface area contributed by atoms with E-state index in [1.54, 1.807) is 6.92 Å². The molecule has 88 valence electrons. The number of aliphatic hydroxyl groups is 1. The highest BCUT2D eigenvalue weighted by atomic mass is 32.1. The van der Waals surface area contributed by atoms with Crippen LogP contribution in [0.3, 0.4) is 0 Å². The van der Waals surface area contributed by atoms with E-state index in [1.165, 1.54) is 6.92 Å². The number of rotatable bonds is 6. The summed E-state index contributed by atoms with van der Waals surface area (Å²) >= 11 is 3.98. The first-order valence-corrected chi connectivity index (χ1v) is 5.43. The van der Waals surface area contributed by atoms with Crippen molar-refractivity contribution in [3.05, 3.63) is 0 Å². The van der Waals surface area contributed by atoms with E-state index in [2.05, 4.69) is 23.3 Å². The summed E-state index contributed by atoms with van der Waals surface area (Å²) in [5, 5.41) is 13.8. The second-order valence-electron chi connectivity index (χ2n) is 3.36. The van der Waals surface area contributed by atoms with Crippen LogP contribution in [0.5, 0.6) is 0 Å². The van der Waals surface area contributed by atoms with Gasteiger partial charge < -0.3 is 15.7 Å². The van der Waals surface area contributed by atoms with Gasteiger partial charge in [-0.1, -0.05) is 0 Å². The molecule has 2 atom stereocenters. The van der Waals surface area contributed by atoms with E-state index in [0.717, 1.165) is 0 Å². The van der Waals surface area contributed by atoms with Crippen LogP contribution in [0.15, 0.2) is 0 Å². The molecule has 0 aromatic heterocycles. The van der Waals surface area contributed by atoms with Gasteiger partial charge in [-0.05, 0) is 13.3 Å². The van der Waals surface area contributed by atoms with Gasteiger partial charge in [0.05, 0.1) is 0 Å². The molecule has 0 saturated heterocycles. The second kappa shape index (κ2) is 7.53. The van der Waals surface area contributed by atoms with Crippen molar-refractivity contribution in [3.8, 4) is 0 Å². The normalized spacial score (nSPS) is 14.1. The minimum absolute atomic E-state index is 0.0210. The first-order valence-electron chi connectivity index (χ1n) is 4.80. The van der Waals surface area contributed by atoms with Gasteiger partial charge in [-0.2, -0.15) is 12.6 Å². The maximum absolute atomic E-state index is 11.5. The van der Waals surface area contributed by atoms with Gasteiger partial charge in [0, 0.05) is 25.3 Å². The summed E-state index contributed by atoms with van der Waals surface area (Å²) in [7, 11) is 0. The van der Waals surface area contributed by atoms with E-state index in [0.29, 0.717) is 6.42 Å². The molecule has 0 bridgehead atoms. The maximum atomic E-state index is 11.5. The third-order valence-electron chi connectivity index (χ3n) is 1.83. The molecule has 0 aliphatic carbocycles. The molecular formula is C9H18N2O3S. The fraction of sp³-hybridized carbons (Fsp3) is 0.778. The zero-order valence-corrected chi connectivity index (χ0v) is 9.88. The lowest BCUT2D eigenvalue weighted by molar-refractivity contribution is -0.127. The average molecular weight is 234 g/mol. The van der Waals surface area contributed by atoms with Gasteiger partial charge in [0.25, 0.3) is 0 Å². The van der Waals surface area contributed by atoms with Crippen molar-refractivity contribution in [2.24, 2.45) is 0 Å². The highest BCUT2D eigenvalue weighted by molar-refractivity contribution is 7.80. The summed E-state index contributed by atoms with van der Waals surface area (Å²) in [6.45, 7) is 3.16. The predicted octanol–water partition coefficient (Wildman–Crippen LogP) is -0.692. The zero-order valence-electron chi connectivity index (χ0n) is 8.99. The number of nitrogens with one attached hydrogen (secondary N) is 2. The van der Waals surface area contributed by atoms with Crippen LogP contribution in [0.4, 0.5) is 0 Å². The molecule has 0 heterocycles. The Morgan fingerprint density at radius 2 is 2.00 bits per heavy atom. The minimum atomic E-state index is -0.619. The molecule has 2 amide bonds. The van der Waals surface area contributed by atoms with Crippen molar-refractivity contribution >= 4 is 24.4 Å². The van der Waals surface area contributed by atoms with Crippen molar-refractivity contribution in [1.29, 1.82) is 0 Å². The zero-order chi connectivity index (χ0) is 11.8. The van der Waals surface area contributed by atoms with Crippen LogP contribution in [0.1, 0.15) is 20.3 Å². The number of thiol groups is 1. The third kappa shape index (κ3) is 6.35. The molecule has 3 N–H and O–H groups in total. The Kier molecular flexibility index (Phi) is 7.15. The molecule has 0 saturated carbocycles. The molecule has 0 aliphatic rings. The molecule has 15 heavy (non-hydrogen) atoms. The summed E-state index contributed by atoms with van der Waals surface area (Å²) in [5.41, 5.74) is 0. The SMILES string of the molecule is CC(=O)NC(CS)C(=O)NC(C)CCO. The van der Waals surface area contributed by atoms with Crippen molar-refractivity contribution < 1.29 is 14.7 Å². The van der Waals surface area contributed by atoms with E-state index < -0.39 is 6.04 Å². The highest BCUT2D eigenvalue weighted by Gasteiger charge is 2.18. The molecule has 5 nitrogen and oxygen atoms in total. The lowest BCUT2D eigenvalue weighted by Gasteiger charge is -2.18. The van der Waals surface area contributed by atoms with E-state index in [4.69, 9.17) is 5.11 Å². The quantitative estimate of drug-likeness (QED) is 0.459. The van der Waals surface area contributed by atoms with Gasteiger partial charge in [0.15, 0.2) is 0 Å². The van der Waals surface area contributed by atoms with Crippen molar-refractivity contribution in [3.63, 3.8) is 0 Å². The fourth-order valence-corrected chi connectivity index (χ4v) is 1.31. The molecule has 0 spiro atoms. The number of carbonyl (C=O) groups excluding carboxylic acids is 2.